The number of hydrogen-bond acceptors (Lipinski definition) is 6. The predicted octanol–water partition coefficient (Wildman–Crippen LogP) is 3.35. The lowest BCUT2D eigenvalue weighted by atomic mass is 9.85. The molecule has 0 aliphatic carbocycles. The molecule has 2 aliphatic heterocycles. The van der Waals surface area contributed by atoms with E-state index in [2.05, 4.69) is 22.3 Å². The third-order valence-electron chi connectivity index (χ3n) is 6.81. The van der Waals surface area contributed by atoms with Crippen LogP contribution in [0.25, 0.3) is 11.6 Å². The topological polar surface area (TPSA) is 92.7 Å². The van der Waals surface area contributed by atoms with E-state index in [1.165, 1.54) is 5.56 Å². The summed E-state index contributed by atoms with van der Waals surface area (Å²) in [6, 6.07) is 13.8. The summed E-state index contributed by atoms with van der Waals surface area (Å²) in [7, 11) is 0. The van der Waals surface area contributed by atoms with Crippen molar-refractivity contribution >= 4 is 11.8 Å². The average molecular weight is 449 g/mol. The van der Waals surface area contributed by atoms with E-state index >= 15 is 0 Å². The molecule has 0 N–H and O–H groups in total. The molecule has 1 unspecified atom stereocenters. The smallest absolute Gasteiger partial charge is 0.238 e. The molecule has 1 spiro atoms. The molecule has 2 amide bonds. The Morgan fingerprint density at radius 2 is 1.91 bits per heavy atom. The van der Waals surface area contributed by atoms with Gasteiger partial charge in [-0.3, -0.25) is 9.59 Å². The zero-order valence-electron chi connectivity index (χ0n) is 18.6. The maximum atomic E-state index is 13.2. The average Bonchev–Trinajstić information content (AvgIpc) is 3.63. The molecular weight excluding hydrogens is 420 g/mol. The predicted molar refractivity (Wildman–Crippen MR) is 120 cm³/mol. The molecule has 2 saturated heterocycles. The number of rotatable bonds is 8. The number of furan rings is 1. The Labute approximate surface area is 192 Å². The van der Waals surface area contributed by atoms with Crippen molar-refractivity contribution in [3.05, 3.63) is 60.2 Å². The maximum Gasteiger partial charge on any atom is 0.238 e. The van der Waals surface area contributed by atoms with Crippen LogP contribution in [0.15, 0.2) is 57.7 Å². The number of benzene rings is 1. The lowest BCUT2D eigenvalue weighted by Gasteiger charge is -2.24. The molecule has 172 valence electrons. The van der Waals surface area contributed by atoms with Crippen molar-refractivity contribution in [3.63, 3.8) is 0 Å². The third-order valence-corrected chi connectivity index (χ3v) is 6.81. The number of aryl methyl sites for hydroxylation is 1. The fourth-order valence-electron chi connectivity index (χ4n) is 4.89. The van der Waals surface area contributed by atoms with Gasteiger partial charge in [0.15, 0.2) is 5.76 Å². The summed E-state index contributed by atoms with van der Waals surface area (Å²) in [6.07, 6.45) is 5.58. The molecule has 1 aromatic carbocycles. The summed E-state index contributed by atoms with van der Waals surface area (Å²) in [4.78, 5) is 34.1. The molecule has 0 saturated carbocycles. The Hall–Kier alpha value is -3.42. The first kappa shape index (κ1) is 21.4. The molecule has 0 bridgehead atoms. The maximum absolute atomic E-state index is 13.2. The molecule has 8 nitrogen and oxygen atoms in total. The van der Waals surface area contributed by atoms with Crippen LogP contribution in [0.4, 0.5) is 0 Å². The van der Waals surface area contributed by atoms with Crippen molar-refractivity contribution < 1.29 is 18.5 Å². The first-order chi connectivity index (χ1) is 16.1. The van der Waals surface area contributed by atoms with Crippen molar-refractivity contribution in [2.45, 2.75) is 38.5 Å². The Kier molecular flexibility index (Phi) is 5.98. The third kappa shape index (κ3) is 4.55. The molecular formula is C25H28N4O4. The number of aromatic nitrogens is 2. The first-order valence-electron chi connectivity index (χ1n) is 11.6. The highest BCUT2D eigenvalue weighted by Gasteiger charge is 2.51. The van der Waals surface area contributed by atoms with Gasteiger partial charge in [0.1, 0.15) is 0 Å². The SMILES string of the molecule is O=C(CCCc1nc(-c2ccco2)no1)N1CCC2(CCN(CCc3ccccc3)C2=O)C1. The molecule has 0 radical (unpaired) electrons. The quantitative estimate of drug-likeness (QED) is 0.525. The molecule has 5 rings (SSSR count). The summed E-state index contributed by atoms with van der Waals surface area (Å²) in [5.41, 5.74) is 0.851. The van der Waals surface area contributed by atoms with E-state index in [1.54, 1.807) is 18.4 Å². The molecule has 33 heavy (non-hydrogen) atoms. The Morgan fingerprint density at radius 3 is 2.73 bits per heavy atom. The van der Waals surface area contributed by atoms with Crippen LogP contribution in [-0.2, 0) is 22.4 Å². The van der Waals surface area contributed by atoms with Gasteiger partial charge in [-0.05, 0) is 43.4 Å². The van der Waals surface area contributed by atoms with Crippen molar-refractivity contribution in [2.24, 2.45) is 5.41 Å². The Bertz CT molecular complexity index is 1090. The van der Waals surface area contributed by atoms with E-state index in [0.717, 1.165) is 32.4 Å². The van der Waals surface area contributed by atoms with Crippen LogP contribution in [0.1, 0.15) is 37.1 Å². The van der Waals surface area contributed by atoms with Crippen molar-refractivity contribution in [2.75, 3.05) is 26.2 Å². The molecule has 8 heteroatoms. The van der Waals surface area contributed by atoms with E-state index in [4.69, 9.17) is 8.94 Å². The van der Waals surface area contributed by atoms with Gasteiger partial charge in [0.25, 0.3) is 0 Å². The van der Waals surface area contributed by atoms with Gasteiger partial charge >= 0.3 is 0 Å². The van der Waals surface area contributed by atoms with Crippen LogP contribution < -0.4 is 0 Å². The number of nitrogens with zero attached hydrogens (tertiary/aromatic N) is 4. The second kappa shape index (κ2) is 9.21. The van der Waals surface area contributed by atoms with Crippen LogP contribution in [0.5, 0.6) is 0 Å². The fourth-order valence-corrected chi connectivity index (χ4v) is 4.89. The first-order valence-corrected chi connectivity index (χ1v) is 11.6. The summed E-state index contributed by atoms with van der Waals surface area (Å²) in [6.45, 7) is 2.71. The van der Waals surface area contributed by atoms with Gasteiger partial charge in [0.2, 0.25) is 23.5 Å². The molecule has 3 aromatic rings. The van der Waals surface area contributed by atoms with Crippen molar-refractivity contribution in [1.29, 1.82) is 0 Å². The van der Waals surface area contributed by atoms with Gasteiger partial charge < -0.3 is 18.7 Å². The number of carbonyl (C=O) groups excluding carboxylic acids is 2. The zero-order valence-corrected chi connectivity index (χ0v) is 18.6. The largest absolute Gasteiger partial charge is 0.461 e. The standard InChI is InChI=1S/C25H28N4O4/c30-22(10-4-9-21-26-23(27-33-21)20-8-5-17-32-20)29-16-13-25(18-29)12-15-28(24(25)31)14-11-19-6-2-1-3-7-19/h1-3,5-8,17H,4,9-16,18H2. The van der Waals surface area contributed by atoms with E-state index in [0.29, 0.717) is 49.8 Å². The number of likely N-dealkylation sites (tertiary alicyclic amines) is 2. The fraction of sp³-hybridized carbons (Fsp3) is 0.440. The lowest BCUT2D eigenvalue weighted by Crippen LogP contribution is -2.39. The highest BCUT2D eigenvalue weighted by Crippen LogP contribution is 2.41. The summed E-state index contributed by atoms with van der Waals surface area (Å²) in [5, 5.41) is 3.91. The molecule has 2 aliphatic rings. The molecule has 2 fully saturated rings. The normalized spacial score (nSPS) is 20.3. The minimum absolute atomic E-state index is 0.0909. The molecule has 2 aromatic heterocycles. The van der Waals surface area contributed by atoms with Crippen molar-refractivity contribution in [1.82, 2.24) is 19.9 Å². The lowest BCUT2D eigenvalue weighted by molar-refractivity contribution is -0.136. The van der Waals surface area contributed by atoms with Gasteiger partial charge in [-0.15, -0.1) is 0 Å². The van der Waals surface area contributed by atoms with Crippen molar-refractivity contribution in [3.8, 4) is 11.6 Å². The van der Waals surface area contributed by atoms with Gasteiger partial charge in [0.05, 0.1) is 11.7 Å². The van der Waals surface area contributed by atoms with Crippen LogP contribution in [0.3, 0.4) is 0 Å². The van der Waals surface area contributed by atoms with Crippen LogP contribution >= 0.6 is 0 Å². The van der Waals surface area contributed by atoms with E-state index in [1.807, 2.05) is 28.0 Å². The Morgan fingerprint density at radius 1 is 1.06 bits per heavy atom. The number of amides is 2. The highest BCUT2D eigenvalue weighted by atomic mass is 16.5. The monoisotopic (exact) mass is 448 g/mol. The number of hydrogen-bond donors (Lipinski definition) is 0. The van der Waals surface area contributed by atoms with Gasteiger partial charge in [-0.25, -0.2) is 0 Å². The van der Waals surface area contributed by atoms with E-state index in [9.17, 15) is 9.59 Å². The van der Waals surface area contributed by atoms with Crippen LogP contribution in [-0.4, -0.2) is 57.9 Å². The highest BCUT2D eigenvalue weighted by molar-refractivity contribution is 5.87. The Balaban J connectivity index is 1.09. The minimum Gasteiger partial charge on any atom is -0.461 e. The zero-order chi connectivity index (χ0) is 22.7. The summed E-state index contributed by atoms with van der Waals surface area (Å²) in [5.74, 6) is 1.77. The van der Waals surface area contributed by atoms with Gasteiger partial charge in [-0.2, -0.15) is 4.98 Å². The van der Waals surface area contributed by atoms with Gasteiger partial charge in [0, 0.05) is 39.0 Å². The van der Waals surface area contributed by atoms with Gasteiger partial charge in [-0.1, -0.05) is 35.5 Å². The summed E-state index contributed by atoms with van der Waals surface area (Å²) < 4.78 is 10.5. The summed E-state index contributed by atoms with van der Waals surface area (Å²) >= 11 is 0. The molecule has 1 atom stereocenters. The van der Waals surface area contributed by atoms with E-state index in [-0.39, 0.29) is 11.8 Å². The second-order valence-electron chi connectivity index (χ2n) is 8.97. The number of carbonyl (C=O) groups is 2. The van der Waals surface area contributed by atoms with E-state index < -0.39 is 5.41 Å². The second-order valence-corrected chi connectivity index (χ2v) is 8.97. The van der Waals surface area contributed by atoms with Crippen LogP contribution in [0, 0.1) is 5.41 Å². The van der Waals surface area contributed by atoms with Crippen LogP contribution in [0.2, 0.25) is 0 Å². The minimum atomic E-state index is -0.392. The molecule has 4 heterocycles.